The fourth-order valence-corrected chi connectivity index (χ4v) is 14.6. The zero-order chi connectivity index (χ0) is 74.6. The molecule has 17 nitrogen and oxygen atoms in total. The van der Waals surface area contributed by atoms with Crippen LogP contribution >= 0.6 is 15.6 Å². The highest BCUT2D eigenvalue weighted by Crippen LogP contribution is 2.45. The van der Waals surface area contributed by atoms with Gasteiger partial charge < -0.3 is 33.8 Å². The van der Waals surface area contributed by atoms with Gasteiger partial charge in [0.05, 0.1) is 26.4 Å². The lowest BCUT2D eigenvalue weighted by Crippen LogP contribution is -2.30. The maximum Gasteiger partial charge on any atom is 0.472 e. The van der Waals surface area contributed by atoms with Gasteiger partial charge in [0, 0.05) is 25.7 Å². The summed E-state index contributed by atoms with van der Waals surface area (Å²) < 4.78 is 68.8. The van der Waals surface area contributed by atoms with Gasteiger partial charge in [-0.05, 0) is 25.7 Å². The van der Waals surface area contributed by atoms with Gasteiger partial charge in [-0.2, -0.15) is 0 Å². The molecule has 0 amide bonds. The standard InChI is InChI=1S/C83H162O17P2/c1-5-9-13-17-21-25-29-32-34-36-38-40-42-44-46-50-54-58-62-66-70-83(88)100-79(74-94-81(86)68-64-60-56-52-49-45-43-41-39-37-35-33-30-26-22-18-14-10-6-2)76-98-102(91,92)96-72-77(84)71-95-101(89,90)97-75-78(73-93-80(85)67-63-59-55-51-47-28-24-20-16-12-8-4)99-82(87)69-65-61-57-53-48-31-27-23-19-15-11-7-3/h77-79,84H,5-76H2,1-4H3,(H,89,90)(H,91,92)/t77-,78+,79+/m0/s1. The van der Waals surface area contributed by atoms with E-state index in [1.807, 2.05) is 0 Å². The fourth-order valence-electron chi connectivity index (χ4n) is 13.0. The molecule has 5 atom stereocenters. The maximum atomic E-state index is 13.1. The van der Waals surface area contributed by atoms with Crippen molar-refractivity contribution in [1.29, 1.82) is 0 Å². The smallest absolute Gasteiger partial charge is 0.462 e. The Morgan fingerprint density at radius 2 is 0.392 bits per heavy atom. The number of unbranched alkanes of at least 4 members (excludes halogenated alkanes) is 58. The van der Waals surface area contributed by atoms with Gasteiger partial charge >= 0.3 is 39.5 Å². The first-order valence-electron chi connectivity index (χ1n) is 43.3. The molecule has 0 aliphatic rings. The summed E-state index contributed by atoms with van der Waals surface area (Å²) in [4.78, 5) is 73.1. The first-order chi connectivity index (χ1) is 49.7. The average Bonchev–Trinajstić information content (AvgIpc) is 0.951. The first kappa shape index (κ1) is 100. The Kier molecular flexibility index (Phi) is 75.8. The molecule has 3 N–H and O–H groups in total. The molecule has 0 saturated carbocycles. The first-order valence-corrected chi connectivity index (χ1v) is 46.3. The Morgan fingerprint density at radius 1 is 0.235 bits per heavy atom. The minimum Gasteiger partial charge on any atom is -0.462 e. The van der Waals surface area contributed by atoms with Crippen molar-refractivity contribution in [3.8, 4) is 0 Å². The molecule has 606 valence electrons. The molecule has 0 aromatic heterocycles. The van der Waals surface area contributed by atoms with Crippen LogP contribution in [-0.2, 0) is 65.4 Å². The molecule has 19 heteroatoms. The van der Waals surface area contributed by atoms with Crippen LogP contribution in [0.3, 0.4) is 0 Å². The minimum atomic E-state index is -4.96. The quantitative estimate of drug-likeness (QED) is 0.0222. The second-order valence-corrected chi connectivity index (χ2v) is 32.8. The lowest BCUT2D eigenvalue weighted by atomic mass is 10.0. The number of rotatable bonds is 84. The summed E-state index contributed by atoms with van der Waals surface area (Å²) in [5.41, 5.74) is 0. The van der Waals surface area contributed by atoms with Gasteiger partial charge in [0.1, 0.15) is 19.3 Å². The highest BCUT2D eigenvalue weighted by molar-refractivity contribution is 7.47. The van der Waals surface area contributed by atoms with Gasteiger partial charge in [0.15, 0.2) is 12.2 Å². The summed E-state index contributed by atoms with van der Waals surface area (Å²) in [6.45, 7) is 5.03. The molecule has 2 unspecified atom stereocenters. The van der Waals surface area contributed by atoms with Gasteiger partial charge in [-0.1, -0.05) is 400 Å². The molecule has 0 rings (SSSR count). The maximum absolute atomic E-state index is 13.1. The molecule has 0 aromatic carbocycles. The Labute approximate surface area is 626 Å². The lowest BCUT2D eigenvalue weighted by Gasteiger charge is -2.21. The van der Waals surface area contributed by atoms with Crippen LogP contribution in [0.1, 0.15) is 451 Å². The number of esters is 4. The van der Waals surface area contributed by atoms with Crippen LogP contribution in [0.2, 0.25) is 0 Å². The number of hydrogen-bond donors (Lipinski definition) is 3. The van der Waals surface area contributed by atoms with E-state index in [-0.39, 0.29) is 25.7 Å². The monoisotopic (exact) mass is 1490 g/mol. The molecule has 0 fully saturated rings. The van der Waals surface area contributed by atoms with Crippen molar-refractivity contribution in [3.05, 3.63) is 0 Å². The van der Waals surface area contributed by atoms with Gasteiger partial charge in [0.2, 0.25) is 0 Å². The van der Waals surface area contributed by atoms with Crippen LogP contribution in [0.15, 0.2) is 0 Å². The van der Waals surface area contributed by atoms with Crippen molar-refractivity contribution in [2.24, 2.45) is 0 Å². The van der Waals surface area contributed by atoms with E-state index >= 15 is 0 Å². The number of phosphoric ester groups is 2. The third kappa shape index (κ3) is 76.3. The van der Waals surface area contributed by atoms with Gasteiger partial charge in [-0.3, -0.25) is 37.3 Å². The highest BCUT2D eigenvalue weighted by Gasteiger charge is 2.30. The largest absolute Gasteiger partial charge is 0.472 e. The van der Waals surface area contributed by atoms with Gasteiger partial charge in [0.25, 0.3) is 0 Å². The number of phosphoric acid groups is 2. The van der Waals surface area contributed by atoms with Crippen molar-refractivity contribution >= 4 is 39.5 Å². The second-order valence-electron chi connectivity index (χ2n) is 29.9. The highest BCUT2D eigenvalue weighted by atomic mass is 31.2. The van der Waals surface area contributed by atoms with Crippen LogP contribution < -0.4 is 0 Å². The predicted molar refractivity (Wildman–Crippen MR) is 419 cm³/mol. The SMILES string of the molecule is CCCCCCCCCCCCCCCCCCCCCCC(=O)O[C@H](COC(=O)CCCCCCCCCCCCCCCCCCCCC)COP(=O)(O)OC[C@@H](O)COP(=O)(O)OC[C@@H](COC(=O)CCCCCCCCCCCCC)OC(=O)CCCCCCCCCCCCCC. The minimum absolute atomic E-state index is 0.108. The zero-order valence-electron chi connectivity index (χ0n) is 66.6. The van der Waals surface area contributed by atoms with Crippen molar-refractivity contribution in [2.75, 3.05) is 39.6 Å². The lowest BCUT2D eigenvalue weighted by molar-refractivity contribution is -0.161. The van der Waals surface area contributed by atoms with E-state index in [9.17, 15) is 43.2 Å². The summed E-state index contributed by atoms with van der Waals surface area (Å²) >= 11 is 0. The zero-order valence-corrected chi connectivity index (χ0v) is 68.4. The molecular weight excluding hydrogens is 1330 g/mol. The van der Waals surface area contributed by atoms with E-state index in [2.05, 4.69) is 27.7 Å². The van der Waals surface area contributed by atoms with Crippen LogP contribution in [0, 0.1) is 0 Å². The molecule has 0 bridgehead atoms. The molecule has 0 radical (unpaired) electrons. The molecule has 0 aliphatic heterocycles. The van der Waals surface area contributed by atoms with Crippen molar-refractivity contribution in [3.63, 3.8) is 0 Å². The number of carbonyl (C=O) groups excluding carboxylic acids is 4. The van der Waals surface area contributed by atoms with Crippen molar-refractivity contribution in [1.82, 2.24) is 0 Å². The van der Waals surface area contributed by atoms with Gasteiger partial charge in [-0.15, -0.1) is 0 Å². The summed E-state index contributed by atoms with van der Waals surface area (Å²) in [6.07, 6.45) is 70.8. The number of aliphatic hydroxyl groups is 1. The second kappa shape index (κ2) is 77.2. The Bertz CT molecular complexity index is 1930. The van der Waals surface area contributed by atoms with E-state index in [0.717, 1.165) is 89.9 Å². The number of aliphatic hydroxyl groups excluding tert-OH is 1. The van der Waals surface area contributed by atoms with E-state index in [1.165, 1.54) is 283 Å². The third-order valence-electron chi connectivity index (χ3n) is 19.6. The van der Waals surface area contributed by atoms with E-state index < -0.39 is 97.5 Å². The van der Waals surface area contributed by atoms with Crippen molar-refractivity contribution in [2.45, 2.75) is 470 Å². The number of carbonyl (C=O) groups is 4. The summed E-state index contributed by atoms with van der Waals surface area (Å²) in [5, 5.41) is 10.6. The topological polar surface area (TPSA) is 237 Å². The normalized spacial score (nSPS) is 13.8. The van der Waals surface area contributed by atoms with E-state index in [0.29, 0.717) is 25.7 Å². The Morgan fingerprint density at radius 3 is 0.578 bits per heavy atom. The molecule has 0 spiro atoms. The molecule has 102 heavy (non-hydrogen) atoms. The molecule has 0 aliphatic carbocycles. The van der Waals surface area contributed by atoms with E-state index in [1.54, 1.807) is 0 Å². The van der Waals surface area contributed by atoms with Crippen molar-refractivity contribution < 1.29 is 80.2 Å². The van der Waals surface area contributed by atoms with Crippen LogP contribution in [0.4, 0.5) is 0 Å². The van der Waals surface area contributed by atoms with Crippen LogP contribution in [-0.4, -0.2) is 96.7 Å². The van der Waals surface area contributed by atoms with E-state index in [4.69, 9.17) is 37.0 Å². The Hall–Kier alpha value is -1.94. The summed E-state index contributed by atoms with van der Waals surface area (Å²) in [7, 11) is -9.92. The average molecular weight is 1490 g/mol. The number of ether oxygens (including phenoxy) is 4. The van der Waals surface area contributed by atoms with Gasteiger partial charge in [-0.25, -0.2) is 9.13 Å². The summed E-state index contributed by atoms with van der Waals surface area (Å²) in [6, 6.07) is 0. The summed E-state index contributed by atoms with van der Waals surface area (Å²) in [5.74, 6) is -2.10. The van der Waals surface area contributed by atoms with Crippen LogP contribution in [0.5, 0.6) is 0 Å². The Balaban J connectivity index is 5.21. The third-order valence-corrected chi connectivity index (χ3v) is 21.5. The number of hydrogen-bond acceptors (Lipinski definition) is 15. The fraction of sp³-hybridized carbons (Fsp3) is 0.952. The predicted octanol–water partition coefficient (Wildman–Crippen LogP) is 25.4. The molecule has 0 heterocycles. The molecular formula is C83H162O17P2. The molecule has 0 saturated heterocycles. The molecule has 0 aromatic rings. The van der Waals surface area contributed by atoms with Crippen LogP contribution in [0.25, 0.3) is 0 Å².